The van der Waals surface area contributed by atoms with Crippen LogP contribution in [0.1, 0.15) is 0 Å². The van der Waals surface area contributed by atoms with Gasteiger partial charge in [-0.15, -0.1) is 0 Å². The van der Waals surface area contributed by atoms with E-state index in [4.69, 9.17) is 22.1 Å². The first-order valence-corrected chi connectivity index (χ1v) is 6.49. The number of nitrogen functional groups attached to an aromatic ring is 1. The van der Waals surface area contributed by atoms with Gasteiger partial charge in [0.15, 0.2) is 5.82 Å². The van der Waals surface area contributed by atoms with Crippen molar-refractivity contribution in [2.45, 2.75) is 0 Å². The van der Waals surface area contributed by atoms with E-state index in [1.54, 1.807) is 0 Å². The molecule has 0 unspecified atom stereocenters. The van der Waals surface area contributed by atoms with Crippen molar-refractivity contribution in [1.29, 1.82) is 0 Å². The molecule has 0 spiro atoms. The summed E-state index contributed by atoms with van der Waals surface area (Å²) in [6, 6.07) is 2.33. The Morgan fingerprint density at radius 3 is 2.64 bits per heavy atom. The Labute approximate surface area is 128 Å². The average Bonchev–Trinajstić information content (AvgIpc) is 2.52. The number of rotatable bonds is 2. The van der Waals surface area contributed by atoms with Crippen molar-refractivity contribution >= 4 is 28.3 Å². The summed E-state index contributed by atoms with van der Waals surface area (Å²) in [6.45, 7) is 0. The van der Waals surface area contributed by atoms with Crippen LogP contribution < -0.4 is 10.5 Å². The molecule has 112 valence electrons. The van der Waals surface area contributed by atoms with Crippen LogP contribution in [0.25, 0.3) is 22.0 Å². The Hall–Kier alpha value is -2.54. The second-order valence-corrected chi connectivity index (χ2v) is 4.76. The largest absolute Gasteiger partial charge is 0.480 e. The van der Waals surface area contributed by atoms with E-state index in [-0.39, 0.29) is 17.3 Å². The molecule has 2 aromatic heterocycles. The van der Waals surface area contributed by atoms with Crippen molar-refractivity contribution in [2.24, 2.45) is 0 Å². The minimum absolute atomic E-state index is 0.0599. The third-order valence-electron chi connectivity index (χ3n) is 3.18. The second-order valence-electron chi connectivity index (χ2n) is 4.39. The summed E-state index contributed by atoms with van der Waals surface area (Å²) in [6.07, 6.45) is 2.60. The quantitative estimate of drug-likeness (QED) is 0.733. The minimum atomic E-state index is -0.896. The van der Waals surface area contributed by atoms with Crippen molar-refractivity contribution in [1.82, 2.24) is 15.0 Å². The summed E-state index contributed by atoms with van der Waals surface area (Å²) in [5.41, 5.74) is 6.52. The topological polar surface area (TPSA) is 73.9 Å². The Morgan fingerprint density at radius 2 is 1.91 bits per heavy atom. The summed E-state index contributed by atoms with van der Waals surface area (Å²) in [7, 11) is 1.42. The first kappa shape index (κ1) is 14.4. The Kier molecular flexibility index (Phi) is 3.50. The van der Waals surface area contributed by atoms with E-state index in [2.05, 4.69) is 15.0 Å². The lowest BCUT2D eigenvalue weighted by molar-refractivity contribution is 0.403. The van der Waals surface area contributed by atoms with E-state index in [9.17, 15) is 8.78 Å². The van der Waals surface area contributed by atoms with Crippen LogP contribution in [0.15, 0.2) is 24.7 Å². The molecule has 0 saturated heterocycles. The number of benzene rings is 1. The van der Waals surface area contributed by atoms with Crippen molar-refractivity contribution in [2.75, 3.05) is 12.8 Å². The fourth-order valence-corrected chi connectivity index (χ4v) is 2.31. The standard InChI is InChI=1S/C14H9ClF2N4O/c1-22-14-9-12(20-5-21-13(9)18)7(4-19-14)6-2-3-8(16)10(15)11(6)17/h2-5H,1H3,(H2,18,20,21). The minimum Gasteiger partial charge on any atom is -0.480 e. The third kappa shape index (κ3) is 2.10. The molecule has 0 fully saturated rings. The number of anilines is 1. The van der Waals surface area contributed by atoms with Gasteiger partial charge in [0.2, 0.25) is 5.88 Å². The summed E-state index contributed by atoms with van der Waals surface area (Å²) in [5, 5.41) is -0.245. The highest BCUT2D eigenvalue weighted by Crippen LogP contribution is 2.36. The van der Waals surface area contributed by atoms with Gasteiger partial charge in [0.25, 0.3) is 0 Å². The van der Waals surface area contributed by atoms with Gasteiger partial charge >= 0.3 is 0 Å². The van der Waals surface area contributed by atoms with Gasteiger partial charge in [-0.25, -0.2) is 23.7 Å². The lowest BCUT2D eigenvalue weighted by atomic mass is 10.0. The van der Waals surface area contributed by atoms with Crippen molar-refractivity contribution in [3.8, 4) is 17.0 Å². The van der Waals surface area contributed by atoms with Crippen LogP contribution in [0.5, 0.6) is 5.88 Å². The Morgan fingerprint density at radius 1 is 1.14 bits per heavy atom. The van der Waals surface area contributed by atoms with Crippen LogP contribution in [0.3, 0.4) is 0 Å². The summed E-state index contributed by atoms with van der Waals surface area (Å²) in [4.78, 5) is 12.0. The predicted molar refractivity (Wildman–Crippen MR) is 78.7 cm³/mol. The van der Waals surface area contributed by atoms with E-state index in [1.165, 1.54) is 25.7 Å². The zero-order valence-electron chi connectivity index (χ0n) is 11.3. The number of fused-ring (bicyclic) bond motifs is 1. The summed E-state index contributed by atoms with van der Waals surface area (Å²) < 4.78 is 32.7. The molecule has 3 aromatic rings. The number of hydrogen-bond acceptors (Lipinski definition) is 5. The van der Waals surface area contributed by atoms with E-state index < -0.39 is 16.7 Å². The van der Waals surface area contributed by atoms with Gasteiger partial charge in [0, 0.05) is 17.3 Å². The zero-order chi connectivity index (χ0) is 15.9. The van der Waals surface area contributed by atoms with Crippen LogP contribution in [-0.2, 0) is 0 Å². The fraction of sp³-hybridized carbons (Fsp3) is 0.0714. The van der Waals surface area contributed by atoms with Gasteiger partial charge in [-0.3, -0.25) is 0 Å². The van der Waals surface area contributed by atoms with E-state index >= 15 is 0 Å². The molecular formula is C14H9ClF2N4O. The maximum absolute atomic E-state index is 14.3. The lowest BCUT2D eigenvalue weighted by Crippen LogP contribution is -2.00. The first-order valence-electron chi connectivity index (χ1n) is 6.11. The SMILES string of the molecule is COc1ncc(-c2ccc(F)c(Cl)c2F)c2ncnc(N)c12. The highest BCUT2D eigenvalue weighted by molar-refractivity contribution is 6.31. The smallest absolute Gasteiger partial charge is 0.226 e. The molecule has 22 heavy (non-hydrogen) atoms. The molecule has 5 nitrogen and oxygen atoms in total. The predicted octanol–water partition coefficient (Wildman–Crippen LogP) is 3.21. The van der Waals surface area contributed by atoms with Crippen LogP contribution >= 0.6 is 11.6 Å². The van der Waals surface area contributed by atoms with E-state index in [0.29, 0.717) is 16.5 Å². The molecule has 2 heterocycles. The maximum atomic E-state index is 14.3. The van der Waals surface area contributed by atoms with Gasteiger partial charge in [-0.2, -0.15) is 0 Å². The number of hydrogen-bond donors (Lipinski definition) is 1. The van der Waals surface area contributed by atoms with Crippen LogP contribution in [0.4, 0.5) is 14.6 Å². The molecule has 0 aliphatic rings. The number of halogens is 3. The molecule has 0 aliphatic heterocycles. The lowest BCUT2D eigenvalue weighted by Gasteiger charge is -2.11. The van der Waals surface area contributed by atoms with Crippen LogP contribution in [0, 0.1) is 11.6 Å². The fourth-order valence-electron chi connectivity index (χ4n) is 2.15. The maximum Gasteiger partial charge on any atom is 0.226 e. The molecule has 1 aromatic carbocycles. The third-order valence-corrected chi connectivity index (χ3v) is 3.52. The van der Waals surface area contributed by atoms with Crippen LogP contribution in [0.2, 0.25) is 5.02 Å². The normalized spacial score (nSPS) is 10.9. The molecular weight excluding hydrogens is 314 g/mol. The van der Waals surface area contributed by atoms with Gasteiger partial charge in [0.1, 0.15) is 28.4 Å². The number of ether oxygens (including phenoxy) is 1. The summed E-state index contributed by atoms with van der Waals surface area (Å²) >= 11 is 5.62. The van der Waals surface area contributed by atoms with Gasteiger partial charge in [0.05, 0.1) is 12.6 Å². The van der Waals surface area contributed by atoms with Gasteiger partial charge < -0.3 is 10.5 Å². The molecule has 0 atom stereocenters. The van der Waals surface area contributed by atoms with Crippen molar-refractivity contribution in [3.05, 3.63) is 41.3 Å². The van der Waals surface area contributed by atoms with Gasteiger partial charge in [-0.1, -0.05) is 11.6 Å². The molecule has 2 N–H and O–H groups in total. The van der Waals surface area contributed by atoms with E-state index in [0.717, 1.165) is 6.07 Å². The monoisotopic (exact) mass is 322 g/mol. The number of nitrogens with two attached hydrogens (primary N) is 1. The molecule has 3 rings (SSSR count). The van der Waals surface area contributed by atoms with E-state index in [1.807, 2.05) is 0 Å². The number of nitrogens with zero attached hydrogens (tertiary/aromatic N) is 3. The molecule has 0 bridgehead atoms. The molecule has 0 aliphatic carbocycles. The molecule has 0 radical (unpaired) electrons. The zero-order valence-corrected chi connectivity index (χ0v) is 12.0. The van der Waals surface area contributed by atoms with Crippen molar-refractivity contribution < 1.29 is 13.5 Å². The average molecular weight is 323 g/mol. The molecule has 0 amide bonds. The highest BCUT2D eigenvalue weighted by Gasteiger charge is 2.19. The number of pyridine rings is 1. The first-order chi connectivity index (χ1) is 10.5. The second kappa shape index (κ2) is 5.34. The van der Waals surface area contributed by atoms with Crippen molar-refractivity contribution in [3.63, 3.8) is 0 Å². The molecule has 8 heteroatoms. The Balaban J connectivity index is 2.39. The highest BCUT2D eigenvalue weighted by atomic mass is 35.5. The summed E-state index contributed by atoms with van der Waals surface area (Å²) in [5.74, 6) is -1.38. The van der Waals surface area contributed by atoms with Crippen LogP contribution in [-0.4, -0.2) is 22.1 Å². The number of methoxy groups -OCH3 is 1. The Bertz CT molecular complexity index is 888. The molecule has 0 saturated carbocycles. The number of aromatic nitrogens is 3. The van der Waals surface area contributed by atoms with Gasteiger partial charge in [-0.05, 0) is 12.1 Å².